The first-order valence-electron chi connectivity index (χ1n) is 26.4. The zero-order valence-corrected chi connectivity index (χ0v) is 44.8. The molecule has 1 aliphatic rings. The summed E-state index contributed by atoms with van der Waals surface area (Å²) in [5.41, 5.74) is 5.47. The van der Waals surface area contributed by atoms with E-state index < -0.39 is 0 Å². The first-order chi connectivity index (χ1) is 35.4. The highest BCUT2D eigenvalue weighted by molar-refractivity contribution is 5.81. The van der Waals surface area contributed by atoms with Crippen molar-refractivity contribution in [3.8, 4) is 0 Å². The number of nitrogens with zero attached hydrogens (tertiary/aromatic N) is 4. The average Bonchev–Trinajstić information content (AvgIpc) is 3.34. The monoisotopic (exact) mass is 1050 g/mol. The van der Waals surface area contributed by atoms with Gasteiger partial charge in [-0.2, -0.15) is 0 Å². The lowest BCUT2D eigenvalue weighted by atomic mass is 10.2. The molecule has 1 saturated heterocycles. The first kappa shape index (κ1) is 67.6. The Kier molecular flexibility index (Phi) is 44.6. The van der Waals surface area contributed by atoms with Crippen LogP contribution < -0.4 is 21.7 Å². The molecule has 1 rings (SSSR count). The molecule has 1 heterocycles. The Balaban J connectivity index is 2.98. The second-order valence-electron chi connectivity index (χ2n) is 17.9. The van der Waals surface area contributed by atoms with Gasteiger partial charge in [0.05, 0.1) is 105 Å². The number of ether oxygens (including phenoxy) is 8. The molecule has 0 unspecified atom stereocenters. The maximum Gasteiger partial charge on any atom is 0.234 e. The van der Waals surface area contributed by atoms with Crippen LogP contribution in [0.25, 0.3) is 0 Å². The van der Waals surface area contributed by atoms with Gasteiger partial charge >= 0.3 is 0 Å². The molecule has 1 aliphatic heterocycles. The van der Waals surface area contributed by atoms with Gasteiger partial charge in [0.15, 0.2) is 0 Å². The second-order valence-corrected chi connectivity index (χ2v) is 17.9. The number of carbonyl (C=O) groups is 7. The van der Waals surface area contributed by atoms with Crippen molar-refractivity contribution in [2.75, 3.05) is 210 Å². The molecule has 3 amide bonds. The van der Waals surface area contributed by atoms with Gasteiger partial charge in [-0.3, -0.25) is 43.6 Å². The van der Waals surface area contributed by atoms with E-state index in [2.05, 4.69) is 25.8 Å². The maximum absolute atomic E-state index is 13.4. The van der Waals surface area contributed by atoms with Crippen molar-refractivity contribution in [2.24, 2.45) is 5.73 Å². The zero-order valence-electron chi connectivity index (χ0n) is 44.8. The topological polar surface area (TPSA) is 268 Å². The van der Waals surface area contributed by atoms with E-state index in [1.807, 2.05) is 9.80 Å². The van der Waals surface area contributed by atoms with Crippen LogP contribution in [0.1, 0.15) is 72.1 Å². The fourth-order valence-corrected chi connectivity index (χ4v) is 7.17. The predicted octanol–water partition coefficient (Wildman–Crippen LogP) is -0.895. The van der Waals surface area contributed by atoms with Gasteiger partial charge in [-0.1, -0.05) is 0 Å². The number of hydrogen-bond acceptors (Lipinski definition) is 20. The number of rotatable bonds is 47. The number of carbonyl (C=O) groups excluding carboxylic acids is 7. The molecule has 23 heteroatoms. The predicted molar refractivity (Wildman–Crippen MR) is 274 cm³/mol. The van der Waals surface area contributed by atoms with E-state index in [1.165, 1.54) is 6.92 Å². The fourth-order valence-electron chi connectivity index (χ4n) is 7.17. The summed E-state index contributed by atoms with van der Waals surface area (Å²) in [5, 5.41) is 8.55. The third-order valence-electron chi connectivity index (χ3n) is 11.1. The lowest BCUT2D eigenvalue weighted by Gasteiger charge is -2.33. The summed E-state index contributed by atoms with van der Waals surface area (Å²) in [6.45, 7) is 16.9. The Morgan fingerprint density at radius 2 is 0.630 bits per heavy atom. The summed E-state index contributed by atoms with van der Waals surface area (Å²) in [6, 6.07) is 0. The van der Waals surface area contributed by atoms with Crippen LogP contribution in [0, 0.1) is 0 Å². The summed E-state index contributed by atoms with van der Waals surface area (Å²) < 4.78 is 44.4. The van der Waals surface area contributed by atoms with E-state index in [9.17, 15) is 33.6 Å². The average molecular weight is 1050 g/mol. The number of ketones is 4. The van der Waals surface area contributed by atoms with Crippen LogP contribution in [0.15, 0.2) is 0 Å². The zero-order chi connectivity index (χ0) is 53.4. The molecule has 23 nitrogen and oxygen atoms in total. The smallest absolute Gasteiger partial charge is 0.234 e. The third kappa shape index (κ3) is 45.7. The first-order valence-corrected chi connectivity index (χ1v) is 26.4. The summed E-state index contributed by atoms with van der Waals surface area (Å²) in [7, 11) is 0. The Labute approximate surface area is 435 Å². The van der Waals surface area contributed by atoms with Crippen LogP contribution in [0.4, 0.5) is 0 Å². The minimum absolute atomic E-state index is 0.0566. The van der Waals surface area contributed by atoms with Crippen LogP contribution in [-0.4, -0.2) is 271 Å². The van der Waals surface area contributed by atoms with E-state index in [0.29, 0.717) is 236 Å². The molecular formula is C50H94N8O15. The lowest BCUT2D eigenvalue weighted by molar-refractivity contribution is -0.124. The molecule has 0 aliphatic carbocycles. The third-order valence-corrected chi connectivity index (χ3v) is 11.1. The van der Waals surface area contributed by atoms with Crippen molar-refractivity contribution in [1.29, 1.82) is 0 Å². The SMILES string of the molecule is CC(=O)CCCOCCOCCNC(=O)CN1CCN(CC(=O)CCCOCCOCCN)CCN(CC(=O)CCCOCCOCCNC(C)=O)CCN(CC(=O)NCCOCCOCCCC(C)=O)CC1. The number of amides is 3. The van der Waals surface area contributed by atoms with Crippen molar-refractivity contribution < 1.29 is 71.5 Å². The van der Waals surface area contributed by atoms with Crippen LogP contribution in [0.2, 0.25) is 0 Å². The molecule has 5 N–H and O–H groups in total. The van der Waals surface area contributed by atoms with Gasteiger partial charge in [0.25, 0.3) is 0 Å². The molecule has 0 aromatic rings. The Morgan fingerprint density at radius 1 is 0.356 bits per heavy atom. The van der Waals surface area contributed by atoms with Gasteiger partial charge in [0, 0.05) is 138 Å². The van der Waals surface area contributed by atoms with Crippen LogP contribution in [0.3, 0.4) is 0 Å². The summed E-state index contributed by atoms with van der Waals surface area (Å²) in [4.78, 5) is 94.9. The summed E-state index contributed by atoms with van der Waals surface area (Å²) >= 11 is 0. The number of nitrogens with one attached hydrogen (secondary N) is 3. The maximum atomic E-state index is 13.4. The van der Waals surface area contributed by atoms with Gasteiger partial charge in [-0.15, -0.1) is 0 Å². The molecule has 0 saturated carbocycles. The van der Waals surface area contributed by atoms with E-state index in [0.717, 1.165) is 0 Å². The van der Waals surface area contributed by atoms with Crippen molar-refractivity contribution in [2.45, 2.75) is 72.1 Å². The Bertz CT molecular complexity index is 1410. The molecule has 0 bridgehead atoms. The largest absolute Gasteiger partial charge is 0.379 e. The van der Waals surface area contributed by atoms with Crippen molar-refractivity contribution in [3.05, 3.63) is 0 Å². The van der Waals surface area contributed by atoms with Crippen molar-refractivity contribution in [3.63, 3.8) is 0 Å². The minimum Gasteiger partial charge on any atom is -0.379 e. The number of nitrogens with two attached hydrogens (primary N) is 1. The standard InChI is InChI=1S/C50H94N8O15/c1-44(59)8-4-24-66-33-38-72-30-14-53-49(64)42-57-20-18-55(40-47(62)10-6-26-68-32-36-70-28-12-51)16-17-56(41-48(63)11-7-27-69-35-37-71-29-13-52-46(3)61)19-21-58(23-22-57)43-50(65)54-15-31-73-39-34-67-25-5-9-45(2)60/h4-43,51H2,1-3H3,(H,52,61)(H,53,64)(H,54,65). The molecule has 1 fully saturated rings. The Morgan fingerprint density at radius 3 is 0.932 bits per heavy atom. The number of hydrogen-bond donors (Lipinski definition) is 4. The normalized spacial score (nSPS) is 14.6. The second kappa shape index (κ2) is 48.2. The van der Waals surface area contributed by atoms with Gasteiger partial charge in [0.1, 0.15) is 23.1 Å². The quantitative estimate of drug-likeness (QED) is 0.0539. The molecular weight excluding hydrogens is 953 g/mol. The minimum atomic E-state index is -0.183. The lowest BCUT2D eigenvalue weighted by Crippen LogP contribution is -2.50. The molecule has 0 aromatic heterocycles. The fraction of sp³-hybridized carbons (Fsp3) is 0.860. The molecule has 73 heavy (non-hydrogen) atoms. The summed E-state index contributed by atoms with van der Waals surface area (Å²) in [5.74, 6) is -0.0932. The molecule has 424 valence electrons. The van der Waals surface area contributed by atoms with E-state index in [4.69, 9.17) is 43.6 Å². The highest BCUT2D eigenvalue weighted by Gasteiger charge is 2.22. The van der Waals surface area contributed by atoms with Crippen LogP contribution >= 0.6 is 0 Å². The highest BCUT2D eigenvalue weighted by Crippen LogP contribution is 2.05. The van der Waals surface area contributed by atoms with Gasteiger partial charge in [-0.25, -0.2) is 0 Å². The summed E-state index contributed by atoms with van der Waals surface area (Å²) in [6.07, 6.45) is 4.08. The van der Waals surface area contributed by atoms with E-state index in [1.54, 1.807) is 13.8 Å². The van der Waals surface area contributed by atoms with Gasteiger partial charge < -0.3 is 69.2 Å². The van der Waals surface area contributed by atoms with Gasteiger partial charge in [-0.05, 0) is 39.5 Å². The number of Topliss-reactive ketones (excluding diaryl/α,β-unsaturated/α-hetero) is 4. The molecule has 0 aromatic carbocycles. The van der Waals surface area contributed by atoms with Crippen LogP contribution in [-0.2, 0) is 71.5 Å². The van der Waals surface area contributed by atoms with E-state index in [-0.39, 0.29) is 67.0 Å². The molecule has 0 spiro atoms. The van der Waals surface area contributed by atoms with Crippen molar-refractivity contribution >= 4 is 40.9 Å². The van der Waals surface area contributed by atoms with Crippen LogP contribution in [0.5, 0.6) is 0 Å². The molecule has 0 radical (unpaired) electrons. The molecule has 0 atom stereocenters. The van der Waals surface area contributed by atoms with Crippen molar-refractivity contribution in [1.82, 2.24) is 35.6 Å². The van der Waals surface area contributed by atoms with Gasteiger partial charge in [0.2, 0.25) is 17.7 Å². The Hall–Kier alpha value is -3.43. The highest BCUT2D eigenvalue weighted by atomic mass is 16.5. The van der Waals surface area contributed by atoms with E-state index >= 15 is 0 Å².